The van der Waals surface area contributed by atoms with Crippen LogP contribution in [-0.2, 0) is 9.59 Å². The number of aryl methyl sites for hydroxylation is 1. The molecular formula is C21H20ClF2N3O4. The van der Waals surface area contributed by atoms with Crippen molar-refractivity contribution in [3.05, 3.63) is 64.6 Å². The molecule has 0 radical (unpaired) electrons. The van der Waals surface area contributed by atoms with E-state index >= 15 is 0 Å². The molecule has 0 aliphatic heterocycles. The zero-order chi connectivity index (χ0) is 22.6. The summed E-state index contributed by atoms with van der Waals surface area (Å²) >= 11 is 5.60. The van der Waals surface area contributed by atoms with Crippen LogP contribution < -0.4 is 20.1 Å². The second kappa shape index (κ2) is 9.30. The van der Waals surface area contributed by atoms with Crippen LogP contribution in [-0.4, -0.2) is 35.6 Å². The van der Waals surface area contributed by atoms with Crippen LogP contribution in [0.5, 0.6) is 11.5 Å². The number of halogens is 3. The highest BCUT2D eigenvalue weighted by Gasteiger charge is 2.34. The molecule has 7 nitrogen and oxygen atoms in total. The summed E-state index contributed by atoms with van der Waals surface area (Å²) in [6, 6.07) is 6.86. The molecule has 1 aliphatic rings. The number of nitrogens with one attached hydrogen (secondary N) is 2. The first kappa shape index (κ1) is 22.5. The predicted molar refractivity (Wildman–Crippen MR) is 109 cm³/mol. The zero-order valence-electron chi connectivity index (χ0n) is 16.8. The van der Waals surface area contributed by atoms with Gasteiger partial charge in [0.2, 0.25) is 0 Å². The molecule has 31 heavy (non-hydrogen) atoms. The summed E-state index contributed by atoms with van der Waals surface area (Å²) in [6.07, 6.45) is 2.05. The van der Waals surface area contributed by atoms with Crippen LogP contribution >= 0.6 is 11.6 Å². The van der Waals surface area contributed by atoms with Crippen LogP contribution in [0.2, 0.25) is 5.02 Å². The Hall–Kier alpha value is -3.20. The number of benzene rings is 1. The van der Waals surface area contributed by atoms with E-state index in [-0.39, 0.29) is 29.7 Å². The fraction of sp³-hybridized carbons (Fsp3) is 0.286. The van der Waals surface area contributed by atoms with Crippen molar-refractivity contribution in [2.24, 2.45) is 0 Å². The average molecular weight is 452 g/mol. The van der Waals surface area contributed by atoms with Crippen molar-refractivity contribution in [2.75, 3.05) is 13.2 Å². The first-order chi connectivity index (χ1) is 14.6. The molecule has 10 heteroatoms. The van der Waals surface area contributed by atoms with Gasteiger partial charge in [0.25, 0.3) is 17.8 Å². The Morgan fingerprint density at radius 1 is 1.16 bits per heavy atom. The number of rotatable bonds is 8. The zero-order valence-corrected chi connectivity index (χ0v) is 17.6. The molecular weight excluding hydrogens is 432 g/mol. The highest BCUT2D eigenvalue weighted by atomic mass is 35.5. The smallest absolute Gasteiger partial charge is 0.262 e. The van der Waals surface area contributed by atoms with Gasteiger partial charge in [0.1, 0.15) is 11.6 Å². The maximum absolute atomic E-state index is 13.6. The average Bonchev–Trinajstić information content (AvgIpc) is 2.67. The molecule has 1 atom stereocenters. The number of pyridine rings is 1. The highest BCUT2D eigenvalue weighted by molar-refractivity contribution is 6.30. The minimum absolute atomic E-state index is 0.0374. The summed E-state index contributed by atoms with van der Waals surface area (Å²) in [5.74, 6) is -2.23. The van der Waals surface area contributed by atoms with Crippen molar-refractivity contribution in [2.45, 2.75) is 25.8 Å². The van der Waals surface area contributed by atoms with Gasteiger partial charge in [-0.25, -0.2) is 9.37 Å². The van der Waals surface area contributed by atoms with Crippen molar-refractivity contribution in [3.63, 3.8) is 0 Å². The van der Waals surface area contributed by atoms with E-state index in [1.165, 1.54) is 18.2 Å². The molecule has 1 unspecified atom stereocenters. The van der Waals surface area contributed by atoms with Gasteiger partial charge in [0.15, 0.2) is 19.0 Å². The van der Waals surface area contributed by atoms with E-state index in [1.54, 1.807) is 26.0 Å². The lowest BCUT2D eigenvalue weighted by Gasteiger charge is -2.37. The van der Waals surface area contributed by atoms with E-state index in [9.17, 15) is 18.4 Å². The molecule has 1 aromatic carbocycles. The Morgan fingerprint density at radius 2 is 1.87 bits per heavy atom. The van der Waals surface area contributed by atoms with Crippen LogP contribution in [0.1, 0.15) is 19.0 Å². The second-order valence-electron chi connectivity index (χ2n) is 7.26. The summed E-state index contributed by atoms with van der Waals surface area (Å²) in [7, 11) is 0. The number of hydrogen-bond donors (Lipinski definition) is 2. The summed E-state index contributed by atoms with van der Waals surface area (Å²) in [5, 5.41) is 5.36. The largest absolute Gasteiger partial charge is 0.484 e. The Balaban J connectivity index is 1.42. The van der Waals surface area contributed by atoms with Gasteiger partial charge < -0.3 is 20.1 Å². The highest BCUT2D eigenvalue weighted by Crippen LogP contribution is 2.28. The maximum Gasteiger partial charge on any atom is 0.262 e. The SMILES string of the molecule is Cc1ccc(OCC(=O)NC2=CC(C)(NC(=O)COc3ccc(Cl)c(F)c3)C2)c(F)n1. The normalized spacial score (nSPS) is 17.3. The van der Waals surface area contributed by atoms with Crippen molar-refractivity contribution in [1.29, 1.82) is 0 Å². The van der Waals surface area contributed by atoms with Gasteiger partial charge in [-0.1, -0.05) is 11.6 Å². The molecule has 1 heterocycles. The molecule has 0 fully saturated rings. The molecule has 3 rings (SSSR count). The van der Waals surface area contributed by atoms with Crippen LogP contribution in [0, 0.1) is 18.7 Å². The van der Waals surface area contributed by atoms with Gasteiger partial charge >= 0.3 is 0 Å². The minimum Gasteiger partial charge on any atom is -0.484 e. The third-order valence-corrected chi connectivity index (χ3v) is 4.66. The Morgan fingerprint density at radius 3 is 2.55 bits per heavy atom. The lowest BCUT2D eigenvalue weighted by Crippen LogP contribution is -2.53. The van der Waals surface area contributed by atoms with Crippen LogP contribution in [0.25, 0.3) is 0 Å². The molecule has 1 aliphatic carbocycles. The van der Waals surface area contributed by atoms with Gasteiger partial charge in [-0.15, -0.1) is 0 Å². The minimum atomic E-state index is -0.783. The molecule has 0 bridgehead atoms. The van der Waals surface area contributed by atoms with Crippen molar-refractivity contribution >= 4 is 23.4 Å². The van der Waals surface area contributed by atoms with Crippen molar-refractivity contribution < 1.29 is 27.8 Å². The van der Waals surface area contributed by atoms with Crippen molar-refractivity contribution in [1.82, 2.24) is 15.6 Å². The van der Waals surface area contributed by atoms with Crippen LogP contribution in [0.3, 0.4) is 0 Å². The van der Waals surface area contributed by atoms with Gasteiger partial charge in [-0.2, -0.15) is 4.39 Å². The summed E-state index contributed by atoms with van der Waals surface area (Å²) in [4.78, 5) is 27.7. The number of carbonyl (C=O) groups is 2. The van der Waals surface area contributed by atoms with E-state index in [0.29, 0.717) is 17.8 Å². The van der Waals surface area contributed by atoms with Gasteiger partial charge in [0.05, 0.1) is 10.6 Å². The first-order valence-corrected chi connectivity index (χ1v) is 9.68. The van der Waals surface area contributed by atoms with E-state index in [1.807, 2.05) is 0 Å². The molecule has 0 saturated carbocycles. The third kappa shape index (κ3) is 6.14. The standard InChI is InChI=1S/C21H20ClF2N3O4/c1-12-3-6-17(20(24)25-12)31-10-18(28)26-13-8-21(2,9-13)27-19(29)11-30-14-4-5-15(22)16(23)7-14/h3-8H,9-11H2,1-2H3,(H,26,28)(H,27,29). The van der Waals surface area contributed by atoms with E-state index in [0.717, 1.165) is 6.07 Å². The van der Waals surface area contributed by atoms with Gasteiger partial charge in [-0.3, -0.25) is 9.59 Å². The fourth-order valence-corrected chi connectivity index (χ4v) is 3.08. The number of nitrogens with zero attached hydrogens (tertiary/aromatic N) is 1. The summed E-state index contributed by atoms with van der Waals surface area (Å²) in [5.41, 5.74) is 0.433. The molecule has 0 saturated heterocycles. The second-order valence-corrected chi connectivity index (χ2v) is 7.66. The quantitative estimate of drug-likeness (QED) is 0.602. The molecule has 0 spiro atoms. The topological polar surface area (TPSA) is 89.6 Å². The van der Waals surface area contributed by atoms with E-state index in [2.05, 4.69) is 15.6 Å². The van der Waals surface area contributed by atoms with Crippen molar-refractivity contribution in [3.8, 4) is 11.5 Å². The lowest BCUT2D eigenvalue weighted by molar-refractivity contribution is -0.124. The maximum atomic E-state index is 13.6. The summed E-state index contributed by atoms with van der Waals surface area (Å²) in [6.45, 7) is 2.72. The number of ether oxygens (including phenoxy) is 2. The number of carbonyl (C=O) groups excluding carboxylic acids is 2. The van der Waals surface area contributed by atoms with Crippen LogP contribution in [0.4, 0.5) is 8.78 Å². The Bertz CT molecular complexity index is 1050. The monoisotopic (exact) mass is 451 g/mol. The molecule has 2 amide bonds. The first-order valence-electron chi connectivity index (χ1n) is 9.30. The molecule has 2 N–H and O–H groups in total. The molecule has 1 aromatic heterocycles. The van der Waals surface area contributed by atoms with Gasteiger partial charge in [-0.05, 0) is 44.2 Å². The number of amides is 2. The fourth-order valence-electron chi connectivity index (χ4n) is 2.96. The molecule has 164 valence electrons. The third-order valence-electron chi connectivity index (χ3n) is 4.35. The van der Waals surface area contributed by atoms with E-state index < -0.39 is 29.1 Å². The Labute approximate surface area is 182 Å². The Kier molecular flexibility index (Phi) is 6.74. The predicted octanol–water partition coefficient (Wildman–Crippen LogP) is 3.06. The van der Waals surface area contributed by atoms with E-state index in [4.69, 9.17) is 21.1 Å². The number of aromatic nitrogens is 1. The number of hydrogen-bond acceptors (Lipinski definition) is 5. The van der Waals surface area contributed by atoms with Gasteiger partial charge in [0, 0.05) is 23.9 Å². The summed E-state index contributed by atoms with van der Waals surface area (Å²) < 4.78 is 37.4. The molecule has 2 aromatic rings. The van der Waals surface area contributed by atoms with Crippen LogP contribution in [0.15, 0.2) is 42.1 Å². The lowest BCUT2D eigenvalue weighted by atomic mass is 9.84.